The molecule has 0 aliphatic rings. The predicted molar refractivity (Wildman–Crippen MR) is 107 cm³/mol. The van der Waals surface area contributed by atoms with E-state index in [-0.39, 0.29) is 5.91 Å². The molecule has 0 aliphatic heterocycles. The van der Waals surface area contributed by atoms with Gasteiger partial charge in [0.2, 0.25) is 5.65 Å². The van der Waals surface area contributed by atoms with E-state index in [2.05, 4.69) is 10.3 Å². The van der Waals surface area contributed by atoms with Gasteiger partial charge in [0.05, 0.1) is 26.0 Å². The van der Waals surface area contributed by atoms with E-state index in [0.717, 1.165) is 16.9 Å². The molecule has 0 radical (unpaired) electrons. The van der Waals surface area contributed by atoms with Gasteiger partial charge in [-0.2, -0.15) is 0 Å². The van der Waals surface area contributed by atoms with Crippen molar-refractivity contribution in [1.29, 1.82) is 0 Å². The van der Waals surface area contributed by atoms with Crippen molar-refractivity contribution in [3.8, 4) is 22.8 Å². The zero-order valence-electron chi connectivity index (χ0n) is 15.6. The van der Waals surface area contributed by atoms with Gasteiger partial charge in [-0.05, 0) is 18.2 Å². The number of H-pyrrole nitrogens is 1. The molecule has 0 bridgehead atoms. The topological polar surface area (TPSA) is 67.5 Å². The van der Waals surface area contributed by atoms with Crippen LogP contribution in [-0.2, 0) is 0 Å². The quantitative estimate of drug-likeness (QED) is 0.524. The number of rotatable bonds is 5. The molecule has 0 unspecified atom stereocenters. The number of hydrogen-bond acceptors (Lipinski definition) is 3. The van der Waals surface area contributed by atoms with Crippen molar-refractivity contribution in [1.82, 2.24) is 4.98 Å². The summed E-state index contributed by atoms with van der Waals surface area (Å²) in [6.45, 7) is 0. The summed E-state index contributed by atoms with van der Waals surface area (Å²) in [5.41, 5.74) is 3.10. The molecule has 1 amide bonds. The Kier molecular flexibility index (Phi) is 4.68. The van der Waals surface area contributed by atoms with E-state index in [0.29, 0.717) is 22.9 Å². The normalized spacial score (nSPS) is 10.6. The Balaban J connectivity index is 1.79. The number of nitrogens with one attached hydrogen (secondary N) is 2. The number of methoxy groups -OCH3 is 2. The summed E-state index contributed by atoms with van der Waals surface area (Å²) in [4.78, 5) is 16.4. The Morgan fingerprint density at radius 3 is 2.50 bits per heavy atom. The Morgan fingerprint density at radius 2 is 1.75 bits per heavy atom. The van der Waals surface area contributed by atoms with Crippen molar-refractivity contribution < 1.29 is 18.7 Å². The van der Waals surface area contributed by atoms with E-state index < -0.39 is 0 Å². The summed E-state index contributed by atoms with van der Waals surface area (Å²) in [5, 5.41) is 3.03. The van der Waals surface area contributed by atoms with Crippen LogP contribution in [0.4, 0.5) is 5.82 Å². The average molecular weight is 374 g/mol. The van der Waals surface area contributed by atoms with Gasteiger partial charge in [0.25, 0.3) is 5.82 Å². The number of aromatic amines is 1. The molecule has 6 heteroatoms. The summed E-state index contributed by atoms with van der Waals surface area (Å²) in [5.74, 6) is 1.46. The number of carbonyl (C=O) groups excluding carboxylic acids is 1. The van der Waals surface area contributed by atoms with Gasteiger partial charge >= 0.3 is 5.91 Å². The number of imidazole rings is 1. The molecule has 4 aromatic rings. The van der Waals surface area contributed by atoms with E-state index in [4.69, 9.17) is 9.47 Å². The second-order valence-corrected chi connectivity index (χ2v) is 6.19. The van der Waals surface area contributed by atoms with Gasteiger partial charge in [-0.1, -0.05) is 36.4 Å². The first kappa shape index (κ1) is 17.6. The lowest BCUT2D eigenvalue weighted by atomic mass is 10.1. The van der Waals surface area contributed by atoms with Crippen LogP contribution in [0.15, 0.2) is 72.9 Å². The minimum atomic E-state index is -0.270. The van der Waals surface area contributed by atoms with E-state index in [1.54, 1.807) is 25.3 Å². The first-order valence-corrected chi connectivity index (χ1v) is 8.82. The third-order valence-electron chi connectivity index (χ3n) is 4.54. The zero-order valence-corrected chi connectivity index (χ0v) is 15.6. The molecule has 2 aromatic carbocycles. The fourth-order valence-electron chi connectivity index (χ4n) is 3.15. The van der Waals surface area contributed by atoms with Crippen LogP contribution in [0.5, 0.6) is 11.5 Å². The van der Waals surface area contributed by atoms with Gasteiger partial charge in [0.15, 0.2) is 5.69 Å². The molecule has 2 N–H and O–H groups in total. The van der Waals surface area contributed by atoms with Crippen molar-refractivity contribution in [3.63, 3.8) is 0 Å². The highest BCUT2D eigenvalue weighted by Gasteiger charge is 2.24. The maximum atomic E-state index is 13.1. The molecule has 0 fully saturated rings. The van der Waals surface area contributed by atoms with Crippen LogP contribution in [0.1, 0.15) is 10.4 Å². The van der Waals surface area contributed by atoms with Gasteiger partial charge in [0, 0.05) is 17.7 Å². The van der Waals surface area contributed by atoms with Crippen LogP contribution in [0, 0.1) is 0 Å². The lowest BCUT2D eigenvalue weighted by Crippen LogP contribution is -2.27. The van der Waals surface area contributed by atoms with Crippen molar-refractivity contribution in [3.05, 3.63) is 78.5 Å². The first-order valence-electron chi connectivity index (χ1n) is 8.82. The largest absolute Gasteiger partial charge is 0.497 e. The molecular weight excluding hydrogens is 354 g/mol. The average Bonchev–Trinajstić information content (AvgIpc) is 3.12. The van der Waals surface area contributed by atoms with Crippen LogP contribution in [-0.4, -0.2) is 25.1 Å². The Morgan fingerprint density at radius 1 is 0.964 bits per heavy atom. The minimum absolute atomic E-state index is 0.270. The van der Waals surface area contributed by atoms with Crippen molar-refractivity contribution >= 4 is 17.4 Å². The van der Waals surface area contributed by atoms with Crippen LogP contribution in [0.2, 0.25) is 0 Å². The zero-order chi connectivity index (χ0) is 19.5. The number of amides is 1. The smallest absolute Gasteiger partial charge is 0.315 e. The number of pyridine rings is 1. The first-order chi connectivity index (χ1) is 13.7. The summed E-state index contributed by atoms with van der Waals surface area (Å²) < 4.78 is 12.5. The van der Waals surface area contributed by atoms with Gasteiger partial charge < -0.3 is 9.47 Å². The van der Waals surface area contributed by atoms with Crippen molar-refractivity contribution in [2.45, 2.75) is 0 Å². The predicted octanol–water partition coefficient (Wildman–Crippen LogP) is 3.69. The van der Waals surface area contributed by atoms with Gasteiger partial charge in [-0.3, -0.25) is 9.78 Å². The van der Waals surface area contributed by atoms with Gasteiger partial charge in [-0.25, -0.2) is 9.72 Å². The monoisotopic (exact) mass is 374 g/mol. The number of nitrogens with zero attached hydrogens (tertiary/aromatic N) is 1. The highest BCUT2D eigenvalue weighted by atomic mass is 16.5. The summed E-state index contributed by atoms with van der Waals surface area (Å²) in [6, 6.07) is 20.8. The third-order valence-corrected chi connectivity index (χ3v) is 4.54. The maximum Gasteiger partial charge on any atom is 0.315 e. The number of ether oxygens (including phenoxy) is 2. The molecule has 0 saturated heterocycles. The number of anilines is 1. The Bertz CT molecular complexity index is 1140. The lowest BCUT2D eigenvalue weighted by molar-refractivity contribution is -0.493. The molecule has 2 heterocycles. The van der Waals surface area contributed by atoms with E-state index in [9.17, 15) is 4.79 Å². The second-order valence-electron chi connectivity index (χ2n) is 6.19. The maximum absolute atomic E-state index is 13.1. The number of aromatic nitrogens is 2. The molecule has 2 aromatic heterocycles. The molecular formula is C22H20N3O3+. The fraction of sp³-hybridized carbons (Fsp3) is 0.0909. The molecule has 0 atom stereocenters. The van der Waals surface area contributed by atoms with E-state index in [1.165, 1.54) is 7.11 Å². The molecule has 0 saturated carbocycles. The highest BCUT2D eigenvalue weighted by molar-refractivity contribution is 6.07. The molecule has 0 spiro atoms. The highest BCUT2D eigenvalue weighted by Crippen LogP contribution is 2.28. The number of fused-ring (bicyclic) bond motifs is 1. The summed E-state index contributed by atoms with van der Waals surface area (Å²) >= 11 is 0. The van der Waals surface area contributed by atoms with Crippen molar-refractivity contribution in [2.24, 2.45) is 0 Å². The number of carbonyl (C=O) groups is 1. The van der Waals surface area contributed by atoms with Crippen molar-refractivity contribution in [2.75, 3.05) is 19.5 Å². The third kappa shape index (κ3) is 3.16. The standard InChI is InChI=1S/C22H19N3O3/c1-27-16-11-12-17(18(14-16)28-2)22(26)24-21-20(15-8-4-3-5-9-15)23-19-10-6-7-13-25(19)21/h3-14H,1-2H3,(H,24,26)/p+1. The van der Waals surface area contributed by atoms with Crippen LogP contribution >= 0.6 is 0 Å². The van der Waals surface area contributed by atoms with Gasteiger partial charge in [0.1, 0.15) is 11.5 Å². The molecule has 28 heavy (non-hydrogen) atoms. The lowest BCUT2D eigenvalue weighted by Gasteiger charge is -2.09. The Hall–Kier alpha value is -3.80. The van der Waals surface area contributed by atoms with Crippen LogP contribution < -0.4 is 19.2 Å². The minimum Gasteiger partial charge on any atom is -0.497 e. The van der Waals surface area contributed by atoms with Crippen LogP contribution in [0.3, 0.4) is 0 Å². The molecule has 0 aliphatic carbocycles. The summed E-state index contributed by atoms with van der Waals surface area (Å²) in [7, 11) is 3.10. The van der Waals surface area contributed by atoms with Crippen LogP contribution in [0.25, 0.3) is 16.9 Å². The number of hydrogen-bond donors (Lipinski definition) is 2. The fourth-order valence-corrected chi connectivity index (χ4v) is 3.15. The van der Waals surface area contributed by atoms with Gasteiger partial charge in [-0.15, -0.1) is 0 Å². The molecule has 6 nitrogen and oxygen atoms in total. The molecule has 4 rings (SSSR count). The molecule has 140 valence electrons. The Labute approximate surface area is 162 Å². The summed E-state index contributed by atoms with van der Waals surface area (Å²) in [6.07, 6.45) is 1.90. The second kappa shape index (κ2) is 7.44. The van der Waals surface area contributed by atoms with E-state index in [1.807, 2.05) is 59.1 Å². The number of benzene rings is 2. The van der Waals surface area contributed by atoms with E-state index >= 15 is 0 Å². The SMILES string of the molecule is COc1ccc(C(=O)Nc2c(-c3ccccc3)[nH]c3cccc[n+]23)c(OC)c1.